The largest absolute Gasteiger partial charge is 0.466 e. The molecule has 0 amide bonds. The Labute approximate surface area is 128 Å². The minimum Gasteiger partial charge on any atom is -0.466 e. The topological polar surface area (TPSA) is 46.6 Å². The lowest BCUT2D eigenvalue weighted by molar-refractivity contribution is -0.144. The quantitative estimate of drug-likeness (QED) is 0.682. The van der Waals surface area contributed by atoms with Crippen LogP contribution in [0.25, 0.3) is 0 Å². The summed E-state index contributed by atoms with van der Waals surface area (Å²) >= 11 is 3.49. The van der Waals surface area contributed by atoms with E-state index in [-0.39, 0.29) is 24.6 Å². The maximum atomic E-state index is 11.8. The number of likely N-dealkylation sites (N-methyl/N-ethyl adjacent to an activating group) is 1. The Kier molecular flexibility index (Phi) is 7.47. The van der Waals surface area contributed by atoms with Gasteiger partial charge in [0.05, 0.1) is 19.6 Å². The zero-order valence-corrected chi connectivity index (χ0v) is 13.5. The van der Waals surface area contributed by atoms with Gasteiger partial charge in [0.15, 0.2) is 0 Å². The van der Waals surface area contributed by atoms with Crippen molar-refractivity contribution in [3.63, 3.8) is 0 Å². The monoisotopic (exact) mass is 341 g/mol. The normalized spacial score (nSPS) is 10.6. The van der Waals surface area contributed by atoms with Crippen LogP contribution < -0.4 is 0 Å². The molecular formula is C15H20BrNO3. The van der Waals surface area contributed by atoms with E-state index in [1.807, 2.05) is 36.2 Å². The highest BCUT2D eigenvalue weighted by Gasteiger charge is 2.11. The van der Waals surface area contributed by atoms with Crippen molar-refractivity contribution < 1.29 is 14.3 Å². The number of hydrogen-bond donors (Lipinski definition) is 0. The molecule has 110 valence electrons. The summed E-state index contributed by atoms with van der Waals surface area (Å²) in [7, 11) is 1.89. The summed E-state index contributed by atoms with van der Waals surface area (Å²) in [6.45, 7) is 3.13. The number of carbonyl (C=O) groups is 2. The fourth-order valence-electron chi connectivity index (χ4n) is 1.83. The minimum absolute atomic E-state index is 0.0487. The fraction of sp³-hybridized carbons (Fsp3) is 0.467. The van der Waals surface area contributed by atoms with E-state index in [1.165, 1.54) is 0 Å². The molecule has 0 spiro atoms. The Bertz CT molecular complexity index is 462. The van der Waals surface area contributed by atoms with E-state index in [9.17, 15) is 9.59 Å². The van der Waals surface area contributed by atoms with Gasteiger partial charge in [-0.15, -0.1) is 0 Å². The predicted octanol–water partition coefficient (Wildman–Crippen LogP) is 2.79. The number of ketones is 1. The first-order valence-corrected chi connectivity index (χ1v) is 7.41. The average Bonchev–Trinajstić information content (AvgIpc) is 2.39. The number of rotatable bonds is 8. The molecule has 0 saturated carbocycles. The molecule has 1 rings (SSSR count). The molecule has 0 bridgehead atoms. The van der Waals surface area contributed by atoms with Crippen LogP contribution in [0.3, 0.4) is 0 Å². The van der Waals surface area contributed by atoms with Crippen molar-refractivity contribution in [3.8, 4) is 0 Å². The summed E-state index contributed by atoms with van der Waals surface area (Å²) in [5.74, 6) is -0.262. The van der Waals surface area contributed by atoms with Gasteiger partial charge in [-0.2, -0.15) is 0 Å². The number of esters is 1. The summed E-state index contributed by atoms with van der Waals surface area (Å²) in [6.07, 6.45) is 0.397. The molecule has 1 aromatic carbocycles. The molecule has 0 saturated heterocycles. The molecule has 0 radical (unpaired) electrons. The molecule has 0 atom stereocenters. The van der Waals surface area contributed by atoms with Crippen molar-refractivity contribution in [2.75, 3.05) is 20.2 Å². The number of Topliss-reactive ketones (excluding diaryl/α,β-unsaturated/α-hetero) is 1. The molecule has 0 aliphatic heterocycles. The Morgan fingerprint density at radius 2 is 1.95 bits per heavy atom. The van der Waals surface area contributed by atoms with E-state index in [0.29, 0.717) is 19.7 Å². The number of halogens is 1. The van der Waals surface area contributed by atoms with Crippen LogP contribution >= 0.6 is 15.9 Å². The van der Waals surface area contributed by atoms with Crippen molar-refractivity contribution in [1.29, 1.82) is 0 Å². The standard InChI is InChI=1S/C15H20BrNO3/c1-3-20-15(19)9-8-13(18)11-17(2)10-12-6-4-5-7-14(12)16/h4-7H,3,8-11H2,1-2H3. The van der Waals surface area contributed by atoms with E-state index in [2.05, 4.69) is 15.9 Å². The Balaban J connectivity index is 2.35. The molecule has 0 fully saturated rings. The second-order valence-corrected chi connectivity index (χ2v) is 5.46. The van der Waals surface area contributed by atoms with Gasteiger partial charge in [0.25, 0.3) is 0 Å². The second kappa shape index (κ2) is 8.87. The van der Waals surface area contributed by atoms with Gasteiger partial charge in [-0.3, -0.25) is 14.5 Å². The van der Waals surface area contributed by atoms with Crippen LogP contribution in [0, 0.1) is 0 Å². The van der Waals surface area contributed by atoms with Crippen LogP contribution in [-0.2, 0) is 20.9 Å². The first-order valence-electron chi connectivity index (χ1n) is 6.62. The van der Waals surface area contributed by atoms with Gasteiger partial charge in [0.1, 0.15) is 5.78 Å². The molecule has 0 unspecified atom stereocenters. The fourth-order valence-corrected chi connectivity index (χ4v) is 2.24. The highest BCUT2D eigenvalue weighted by atomic mass is 79.9. The van der Waals surface area contributed by atoms with Gasteiger partial charge in [0.2, 0.25) is 0 Å². The van der Waals surface area contributed by atoms with Crippen molar-refractivity contribution in [2.45, 2.75) is 26.3 Å². The summed E-state index contributed by atoms with van der Waals surface area (Å²) in [6, 6.07) is 7.92. The lowest BCUT2D eigenvalue weighted by Gasteiger charge is -2.16. The Hall–Kier alpha value is -1.20. The van der Waals surface area contributed by atoms with Gasteiger partial charge in [-0.1, -0.05) is 34.1 Å². The molecule has 0 aliphatic rings. The molecule has 1 aromatic rings. The van der Waals surface area contributed by atoms with Gasteiger partial charge in [0, 0.05) is 17.4 Å². The maximum Gasteiger partial charge on any atom is 0.306 e. The van der Waals surface area contributed by atoms with Gasteiger partial charge in [-0.05, 0) is 25.6 Å². The Morgan fingerprint density at radius 1 is 1.25 bits per heavy atom. The van der Waals surface area contributed by atoms with Crippen molar-refractivity contribution in [3.05, 3.63) is 34.3 Å². The van der Waals surface area contributed by atoms with Crippen LogP contribution in [0.15, 0.2) is 28.7 Å². The highest BCUT2D eigenvalue weighted by molar-refractivity contribution is 9.10. The van der Waals surface area contributed by atoms with Crippen LogP contribution in [0.1, 0.15) is 25.3 Å². The van der Waals surface area contributed by atoms with Crippen LogP contribution in [0.5, 0.6) is 0 Å². The van der Waals surface area contributed by atoms with Crippen molar-refractivity contribution in [1.82, 2.24) is 4.90 Å². The first-order chi connectivity index (χ1) is 9.52. The number of ether oxygens (including phenoxy) is 1. The summed E-state index contributed by atoms with van der Waals surface area (Å²) in [4.78, 5) is 24.9. The van der Waals surface area contributed by atoms with Crippen LogP contribution in [-0.4, -0.2) is 36.9 Å². The molecule has 5 heteroatoms. The molecule has 0 aliphatic carbocycles. The molecule has 0 heterocycles. The predicted molar refractivity (Wildman–Crippen MR) is 81.4 cm³/mol. The van der Waals surface area contributed by atoms with E-state index < -0.39 is 0 Å². The van der Waals surface area contributed by atoms with E-state index in [1.54, 1.807) is 6.92 Å². The number of carbonyl (C=O) groups excluding carboxylic acids is 2. The lowest BCUT2D eigenvalue weighted by Crippen LogP contribution is -2.26. The highest BCUT2D eigenvalue weighted by Crippen LogP contribution is 2.17. The summed E-state index contributed by atoms with van der Waals surface area (Å²) < 4.78 is 5.83. The summed E-state index contributed by atoms with van der Waals surface area (Å²) in [5.41, 5.74) is 1.13. The third kappa shape index (κ3) is 6.30. The molecule has 0 N–H and O–H groups in total. The van der Waals surface area contributed by atoms with Crippen LogP contribution in [0.4, 0.5) is 0 Å². The molecular weight excluding hydrogens is 322 g/mol. The number of benzene rings is 1. The minimum atomic E-state index is -0.311. The van der Waals surface area contributed by atoms with E-state index in [4.69, 9.17) is 4.74 Å². The van der Waals surface area contributed by atoms with Crippen LogP contribution in [0.2, 0.25) is 0 Å². The molecule has 20 heavy (non-hydrogen) atoms. The Morgan fingerprint density at radius 3 is 2.60 bits per heavy atom. The number of nitrogens with zero attached hydrogens (tertiary/aromatic N) is 1. The summed E-state index contributed by atoms with van der Waals surface area (Å²) in [5, 5.41) is 0. The SMILES string of the molecule is CCOC(=O)CCC(=O)CN(C)Cc1ccccc1Br. The third-order valence-electron chi connectivity index (χ3n) is 2.76. The smallest absolute Gasteiger partial charge is 0.306 e. The van der Waals surface area contributed by atoms with Crippen molar-refractivity contribution in [2.24, 2.45) is 0 Å². The number of hydrogen-bond acceptors (Lipinski definition) is 4. The zero-order chi connectivity index (χ0) is 15.0. The molecule has 4 nitrogen and oxygen atoms in total. The van der Waals surface area contributed by atoms with Gasteiger partial charge < -0.3 is 4.74 Å². The van der Waals surface area contributed by atoms with Gasteiger partial charge >= 0.3 is 5.97 Å². The van der Waals surface area contributed by atoms with E-state index >= 15 is 0 Å². The average molecular weight is 342 g/mol. The first kappa shape index (κ1) is 16.9. The third-order valence-corrected chi connectivity index (χ3v) is 3.53. The second-order valence-electron chi connectivity index (χ2n) is 4.61. The van der Waals surface area contributed by atoms with Gasteiger partial charge in [-0.25, -0.2) is 0 Å². The van der Waals surface area contributed by atoms with E-state index in [0.717, 1.165) is 10.0 Å². The van der Waals surface area contributed by atoms with Crippen molar-refractivity contribution >= 4 is 27.7 Å². The molecule has 0 aromatic heterocycles. The zero-order valence-electron chi connectivity index (χ0n) is 11.9. The lowest BCUT2D eigenvalue weighted by atomic mass is 10.2. The maximum absolute atomic E-state index is 11.8.